The number of rotatable bonds is 3. The second-order valence-electron chi connectivity index (χ2n) is 3.95. The third-order valence-electron chi connectivity index (χ3n) is 2.58. The van der Waals surface area contributed by atoms with Crippen LogP contribution in [0, 0.1) is 0 Å². The zero-order valence-corrected chi connectivity index (χ0v) is 10.7. The van der Waals surface area contributed by atoms with Crippen LogP contribution in [-0.4, -0.2) is 24.0 Å². The minimum Gasteiger partial charge on any atom is -0.465 e. The van der Waals surface area contributed by atoms with Crippen LogP contribution in [0.5, 0.6) is 0 Å². The lowest BCUT2D eigenvalue weighted by molar-refractivity contribution is 0.0600. The summed E-state index contributed by atoms with van der Waals surface area (Å²) in [5.41, 5.74) is 0.708. The number of nitrogens with one attached hydrogen (secondary N) is 2. The maximum absolute atomic E-state index is 11.9. The molecule has 2 aromatic rings. The molecule has 0 saturated heterocycles. The highest BCUT2D eigenvalue weighted by Gasteiger charge is 2.08. The molecule has 0 spiro atoms. The van der Waals surface area contributed by atoms with Crippen molar-refractivity contribution in [2.75, 3.05) is 12.4 Å². The summed E-state index contributed by atoms with van der Waals surface area (Å²) in [6.07, 6.45) is 0. The van der Waals surface area contributed by atoms with Crippen LogP contribution in [0.3, 0.4) is 0 Å². The Kier molecular flexibility index (Phi) is 3.95. The quantitative estimate of drug-likeness (QED) is 0.827. The Balaban J connectivity index is 2.12. The molecule has 0 atom stereocenters. The topological polar surface area (TPSA) is 88.3 Å². The van der Waals surface area contributed by atoms with E-state index < -0.39 is 11.9 Å². The van der Waals surface area contributed by atoms with E-state index in [2.05, 4.69) is 15.0 Å². The van der Waals surface area contributed by atoms with Gasteiger partial charge in [-0.2, -0.15) is 0 Å². The molecular formula is C14H12N2O4. The molecule has 1 aromatic heterocycles. The van der Waals surface area contributed by atoms with Crippen molar-refractivity contribution in [3.63, 3.8) is 0 Å². The van der Waals surface area contributed by atoms with Gasteiger partial charge in [0.25, 0.3) is 5.91 Å². The van der Waals surface area contributed by atoms with Crippen molar-refractivity contribution in [1.29, 1.82) is 0 Å². The van der Waals surface area contributed by atoms with E-state index in [1.165, 1.54) is 37.4 Å². The normalized spacial score (nSPS) is 9.85. The molecule has 0 fully saturated rings. The van der Waals surface area contributed by atoms with Crippen LogP contribution < -0.4 is 10.9 Å². The number of aromatic nitrogens is 1. The lowest BCUT2D eigenvalue weighted by atomic mass is 10.2. The zero-order valence-electron chi connectivity index (χ0n) is 10.7. The van der Waals surface area contributed by atoms with E-state index in [0.29, 0.717) is 11.3 Å². The van der Waals surface area contributed by atoms with Gasteiger partial charge in [-0.05, 0) is 30.3 Å². The first-order valence-electron chi connectivity index (χ1n) is 5.79. The molecule has 0 aliphatic rings. The average Bonchev–Trinajstić information content (AvgIpc) is 2.47. The smallest absolute Gasteiger partial charge is 0.337 e. The molecule has 1 amide bonds. The van der Waals surface area contributed by atoms with Crippen LogP contribution in [0.25, 0.3) is 0 Å². The first-order valence-corrected chi connectivity index (χ1v) is 5.79. The number of anilines is 1. The van der Waals surface area contributed by atoms with Crippen LogP contribution in [-0.2, 0) is 4.74 Å². The fourth-order valence-corrected chi connectivity index (χ4v) is 1.59. The third-order valence-corrected chi connectivity index (χ3v) is 2.58. The first kappa shape index (κ1) is 13.5. The van der Waals surface area contributed by atoms with Crippen LogP contribution in [0.2, 0.25) is 0 Å². The van der Waals surface area contributed by atoms with Gasteiger partial charge in [0.2, 0.25) is 5.56 Å². The van der Waals surface area contributed by atoms with Gasteiger partial charge >= 0.3 is 5.97 Å². The number of H-pyrrole nitrogens is 1. The molecule has 6 heteroatoms. The number of carbonyl (C=O) groups excluding carboxylic acids is 2. The van der Waals surface area contributed by atoms with Crippen molar-refractivity contribution >= 4 is 17.6 Å². The van der Waals surface area contributed by atoms with E-state index in [4.69, 9.17) is 0 Å². The van der Waals surface area contributed by atoms with Crippen molar-refractivity contribution in [1.82, 2.24) is 4.98 Å². The summed E-state index contributed by atoms with van der Waals surface area (Å²) in [6.45, 7) is 0. The molecule has 102 valence electrons. The van der Waals surface area contributed by atoms with Crippen molar-refractivity contribution in [2.24, 2.45) is 0 Å². The highest BCUT2D eigenvalue weighted by atomic mass is 16.5. The summed E-state index contributed by atoms with van der Waals surface area (Å²) in [5.74, 6) is -0.885. The number of ether oxygens (including phenoxy) is 1. The van der Waals surface area contributed by atoms with Crippen molar-refractivity contribution in [2.45, 2.75) is 0 Å². The molecule has 20 heavy (non-hydrogen) atoms. The zero-order chi connectivity index (χ0) is 14.5. The molecular weight excluding hydrogens is 260 g/mol. The molecule has 0 saturated carbocycles. The second kappa shape index (κ2) is 5.83. The second-order valence-corrected chi connectivity index (χ2v) is 3.95. The Hall–Kier alpha value is -2.89. The fraction of sp³-hybridized carbons (Fsp3) is 0.0714. The number of methoxy groups -OCH3 is 1. The molecule has 0 aliphatic carbocycles. The molecule has 2 N–H and O–H groups in total. The van der Waals surface area contributed by atoms with Crippen LogP contribution in [0.15, 0.2) is 47.3 Å². The Morgan fingerprint density at radius 2 is 1.80 bits per heavy atom. The van der Waals surface area contributed by atoms with Crippen LogP contribution in [0.4, 0.5) is 5.69 Å². The number of aromatic amines is 1. The molecule has 0 aliphatic heterocycles. The van der Waals surface area contributed by atoms with Gasteiger partial charge in [0.15, 0.2) is 0 Å². The number of carbonyl (C=O) groups is 2. The van der Waals surface area contributed by atoms with Crippen molar-refractivity contribution in [3.05, 3.63) is 64.1 Å². The fourth-order valence-electron chi connectivity index (χ4n) is 1.59. The number of hydrogen-bond acceptors (Lipinski definition) is 4. The minimum atomic E-state index is -0.449. The van der Waals surface area contributed by atoms with Gasteiger partial charge < -0.3 is 15.0 Å². The van der Waals surface area contributed by atoms with Crippen LogP contribution in [0.1, 0.15) is 20.8 Å². The maximum Gasteiger partial charge on any atom is 0.337 e. The average molecular weight is 272 g/mol. The lowest BCUT2D eigenvalue weighted by Crippen LogP contribution is -2.17. The highest BCUT2D eigenvalue weighted by molar-refractivity contribution is 6.03. The lowest BCUT2D eigenvalue weighted by Gasteiger charge is -2.05. The Bertz CT molecular complexity index is 689. The van der Waals surface area contributed by atoms with E-state index in [9.17, 15) is 14.4 Å². The van der Waals surface area contributed by atoms with E-state index >= 15 is 0 Å². The summed E-state index contributed by atoms with van der Waals surface area (Å²) in [6, 6.07) is 10.5. The van der Waals surface area contributed by atoms with E-state index in [-0.39, 0.29) is 11.3 Å². The number of esters is 1. The van der Waals surface area contributed by atoms with E-state index in [1.807, 2.05) is 0 Å². The summed E-state index contributed by atoms with van der Waals surface area (Å²) < 4.78 is 4.57. The molecule has 0 bridgehead atoms. The number of benzene rings is 1. The Labute approximate surface area is 114 Å². The van der Waals surface area contributed by atoms with Gasteiger partial charge in [-0.3, -0.25) is 9.59 Å². The van der Waals surface area contributed by atoms with E-state index in [1.54, 1.807) is 12.1 Å². The Morgan fingerprint density at radius 1 is 1.10 bits per heavy atom. The molecule has 1 heterocycles. The molecule has 0 radical (unpaired) electrons. The van der Waals surface area contributed by atoms with Gasteiger partial charge in [0.05, 0.1) is 12.7 Å². The summed E-state index contributed by atoms with van der Waals surface area (Å²) in [7, 11) is 1.30. The van der Waals surface area contributed by atoms with Gasteiger partial charge in [-0.1, -0.05) is 6.07 Å². The first-order chi connectivity index (χ1) is 9.60. The molecule has 0 unspecified atom stereocenters. The van der Waals surface area contributed by atoms with Crippen LogP contribution >= 0.6 is 0 Å². The largest absolute Gasteiger partial charge is 0.465 e. The number of amides is 1. The van der Waals surface area contributed by atoms with Gasteiger partial charge in [0, 0.05) is 11.8 Å². The molecule has 6 nitrogen and oxygen atoms in total. The monoisotopic (exact) mass is 272 g/mol. The van der Waals surface area contributed by atoms with Crippen molar-refractivity contribution in [3.8, 4) is 0 Å². The Morgan fingerprint density at radius 3 is 2.40 bits per heavy atom. The molecule has 2 rings (SSSR count). The third kappa shape index (κ3) is 3.11. The number of hydrogen-bond donors (Lipinski definition) is 2. The van der Waals surface area contributed by atoms with Crippen molar-refractivity contribution < 1.29 is 14.3 Å². The standard InChI is InChI=1S/C14H12N2O4/c1-20-14(19)9-5-7-10(8-6-9)15-13(18)11-3-2-4-12(17)16-11/h2-8H,1H3,(H,15,18)(H,16,17). The van der Waals surface area contributed by atoms with E-state index in [0.717, 1.165) is 0 Å². The highest BCUT2D eigenvalue weighted by Crippen LogP contribution is 2.11. The SMILES string of the molecule is COC(=O)c1ccc(NC(=O)c2cccc(=O)[nH]2)cc1. The summed E-state index contributed by atoms with van der Waals surface area (Å²) >= 11 is 0. The maximum atomic E-state index is 11.9. The minimum absolute atomic E-state index is 0.162. The van der Waals surface area contributed by atoms with Gasteiger partial charge in [-0.25, -0.2) is 4.79 Å². The summed E-state index contributed by atoms with van der Waals surface area (Å²) in [5, 5.41) is 2.61. The summed E-state index contributed by atoms with van der Waals surface area (Å²) in [4.78, 5) is 36.7. The van der Waals surface area contributed by atoms with Gasteiger partial charge in [0.1, 0.15) is 5.69 Å². The predicted octanol–water partition coefficient (Wildman–Crippen LogP) is 1.41. The predicted molar refractivity (Wildman–Crippen MR) is 72.8 cm³/mol. The molecule has 1 aromatic carbocycles. The number of pyridine rings is 1. The van der Waals surface area contributed by atoms with Gasteiger partial charge in [-0.15, -0.1) is 0 Å².